The van der Waals surface area contributed by atoms with Crippen LogP contribution in [-0.4, -0.2) is 21.0 Å². The molecule has 0 aliphatic rings. The van der Waals surface area contributed by atoms with E-state index in [9.17, 15) is 22.8 Å². The molecule has 5 nitrogen and oxygen atoms in total. The van der Waals surface area contributed by atoms with Gasteiger partial charge in [0, 0.05) is 6.07 Å². The summed E-state index contributed by atoms with van der Waals surface area (Å²) in [5.41, 5.74) is -2.11. The van der Waals surface area contributed by atoms with Gasteiger partial charge in [-0.3, -0.25) is 4.79 Å². The first kappa shape index (κ1) is 10.2. The van der Waals surface area contributed by atoms with Gasteiger partial charge in [-0.15, -0.1) is 0 Å². The molecule has 1 aromatic rings. The number of aromatic amines is 1. The predicted molar refractivity (Wildman–Crippen MR) is 36.8 cm³/mol. The first-order chi connectivity index (χ1) is 6.30. The summed E-state index contributed by atoms with van der Waals surface area (Å²) in [7, 11) is 0. The number of carboxylic acids is 1. The Labute approximate surface area is 74.2 Å². The van der Waals surface area contributed by atoms with Crippen molar-refractivity contribution >= 4 is 5.97 Å². The van der Waals surface area contributed by atoms with Crippen LogP contribution in [0.3, 0.4) is 0 Å². The summed E-state index contributed by atoms with van der Waals surface area (Å²) < 4.78 is 36.0. The molecule has 0 bridgehead atoms. The SMILES string of the molecule is O=C(O)c1cc(=O)[nH]c(C(F)(F)F)n1. The van der Waals surface area contributed by atoms with Crippen molar-refractivity contribution in [3.05, 3.63) is 27.9 Å². The zero-order valence-electron chi connectivity index (χ0n) is 6.42. The summed E-state index contributed by atoms with van der Waals surface area (Å²) in [4.78, 5) is 25.0. The average molecular weight is 208 g/mol. The van der Waals surface area contributed by atoms with E-state index in [4.69, 9.17) is 5.11 Å². The van der Waals surface area contributed by atoms with Gasteiger partial charge in [-0.1, -0.05) is 0 Å². The fourth-order valence-electron chi connectivity index (χ4n) is 0.701. The van der Waals surface area contributed by atoms with E-state index in [-0.39, 0.29) is 0 Å². The Hall–Kier alpha value is -1.86. The molecule has 0 aliphatic carbocycles. The molecule has 76 valence electrons. The van der Waals surface area contributed by atoms with Gasteiger partial charge in [-0.25, -0.2) is 9.78 Å². The maximum absolute atomic E-state index is 12.0. The summed E-state index contributed by atoms with van der Waals surface area (Å²) in [6, 6.07) is 0.470. The lowest BCUT2D eigenvalue weighted by atomic mass is 10.4. The molecule has 1 rings (SSSR count). The number of hydrogen-bond donors (Lipinski definition) is 2. The molecule has 0 unspecified atom stereocenters. The topological polar surface area (TPSA) is 83.0 Å². The Morgan fingerprint density at radius 2 is 2.07 bits per heavy atom. The fourth-order valence-corrected chi connectivity index (χ4v) is 0.701. The van der Waals surface area contributed by atoms with E-state index < -0.39 is 29.2 Å². The Bertz CT molecular complexity index is 423. The molecule has 1 aromatic heterocycles. The van der Waals surface area contributed by atoms with Crippen LogP contribution in [0.2, 0.25) is 0 Å². The van der Waals surface area contributed by atoms with E-state index >= 15 is 0 Å². The number of carbonyl (C=O) groups is 1. The van der Waals surface area contributed by atoms with Gasteiger partial charge in [-0.05, 0) is 0 Å². The first-order valence-corrected chi connectivity index (χ1v) is 3.22. The second-order valence-electron chi connectivity index (χ2n) is 2.28. The quantitative estimate of drug-likeness (QED) is 0.703. The third-order valence-electron chi connectivity index (χ3n) is 1.23. The Morgan fingerprint density at radius 3 is 2.50 bits per heavy atom. The first-order valence-electron chi connectivity index (χ1n) is 3.22. The lowest BCUT2D eigenvalue weighted by molar-refractivity contribution is -0.145. The van der Waals surface area contributed by atoms with Crippen molar-refractivity contribution in [1.82, 2.24) is 9.97 Å². The van der Waals surface area contributed by atoms with E-state index in [1.165, 1.54) is 4.98 Å². The minimum Gasteiger partial charge on any atom is -0.477 e. The molecule has 0 spiro atoms. The highest BCUT2D eigenvalue weighted by Gasteiger charge is 2.34. The fraction of sp³-hybridized carbons (Fsp3) is 0.167. The maximum Gasteiger partial charge on any atom is 0.449 e. The summed E-state index contributed by atoms with van der Waals surface area (Å²) in [5.74, 6) is -3.32. The van der Waals surface area contributed by atoms with Crippen LogP contribution in [0.4, 0.5) is 13.2 Å². The van der Waals surface area contributed by atoms with Gasteiger partial charge >= 0.3 is 12.1 Å². The molecule has 0 aromatic carbocycles. The normalized spacial score (nSPS) is 11.4. The third kappa shape index (κ3) is 2.09. The van der Waals surface area contributed by atoms with Crippen LogP contribution in [0.1, 0.15) is 16.3 Å². The summed E-state index contributed by atoms with van der Waals surface area (Å²) in [5, 5.41) is 8.32. The Balaban J connectivity index is 3.35. The molecule has 8 heteroatoms. The molecule has 0 saturated carbocycles. The number of carboxylic acid groups (broad SMARTS) is 1. The molecular formula is C6H3F3N2O3. The molecular weight excluding hydrogens is 205 g/mol. The third-order valence-corrected chi connectivity index (χ3v) is 1.23. The van der Waals surface area contributed by atoms with Crippen LogP contribution >= 0.6 is 0 Å². The van der Waals surface area contributed by atoms with Crippen molar-refractivity contribution in [3.63, 3.8) is 0 Å². The molecule has 1 heterocycles. The van der Waals surface area contributed by atoms with Crippen LogP contribution in [0.25, 0.3) is 0 Å². The predicted octanol–water partition coefficient (Wildman–Crippen LogP) is 0.487. The van der Waals surface area contributed by atoms with Crippen LogP contribution in [0.5, 0.6) is 0 Å². The van der Waals surface area contributed by atoms with Crippen molar-refractivity contribution < 1.29 is 23.1 Å². The second kappa shape index (κ2) is 3.13. The summed E-state index contributed by atoms with van der Waals surface area (Å²) >= 11 is 0. The van der Waals surface area contributed by atoms with Crippen LogP contribution < -0.4 is 5.56 Å². The Morgan fingerprint density at radius 1 is 1.50 bits per heavy atom. The smallest absolute Gasteiger partial charge is 0.449 e. The number of rotatable bonds is 1. The number of H-pyrrole nitrogens is 1. The van der Waals surface area contributed by atoms with E-state index in [1.807, 2.05) is 0 Å². The van der Waals surface area contributed by atoms with E-state index in [1.54, 1.807) is 0 Å². The van der Waals surface area contributed by atoms with Crippen molar-refractivity contribution in [2.24, 2.45) is 0 Å². The molecule has 0 atom stereocenters. The highest BCUT2D eigenvalue weighted by Crippen LogP contribution is 2.24. The molecule has 2 N–H and O–H groups in total. The number of hydrogen-bond acceptors (Lipinski definition) is 3. The number of aromatic nitrogens is 2. The maximum atomic E-state index is 12.0. The van der Waals surface area contributed by atoms with E-state index in [2.05, 4.69) is 4.98 Å². The van der Waals surface area contributed by atoms with E-state index in [0.29, 0.717) is 6.07 Å². The number of nitrogens with one attached hydrogen (secondary N) is 1. The van der Waals surface area contributed by atoms with Crippen LogP contribution in [-0.2, 0) is 6.18 Å². The number of alkyl halides is 3. The zero-order valence-corrected chi connectivity index (χ0v) is 6.42. The zero-order chi connectivity index (χ0) is 10.9. The largest absolute Gasteiger partial charge is 0.477 e. The average Bonchev–Trinajstić information content (AvgIpc) is 2.01. The molecule has 0 fully saturated rings. The van der Waals surface area contributed by atoms with Crippen molar-refractivity contribution in [2.45, 2.75) is 6.18 Å². The molecule has 0 saturated heterocycles. The lowest BCUT2D eigenvalue weighted by Gasteiger charge is -2.04. The van der Waals surface area contributed by atoms with Crippen LogP contribution in [0, 0.1) is 0 Å². The van der Waals surface area contributed by atoms with Gasteiger partial charge in [0.15, 0.2) is 5.69 Å². The number of halogens is 3. The number of aromatic carboxylic acids is 1. The van der Waals surface area contributed by atoms with E-state index in [0.717, 1.165) is 0 Å². The Kier molecular flexibility index (Phi) is 2.28. The highest BCUT2D eigenvalue weighted by molar-refractivity contribution is 5.85. The molecule has 14 heavy (non-hydrogen) atoms. The van der Waals surface area contributed by atoms with Crippen molar-refractivity contribution in [1.29, 1.82) is 0 Å². The monoisotopic (exact) mass is 208 g/mol. The van der Waals surface area contributed by atoms with Gasteiger partial charge in [-0.2, -0.15) is 13.2 Å². The molecule has 0 radical (unpaired) electrons. The second-order valence-corrected chi connectivity index (χ2v) is 2.28. The van der Waals surface area contributed by atoms with Gasteiger partial charge in [0.05, 0.1) is 0 Å². The summed E-state index contributed by atoms with van der Waals surface area (Å²) in [6.07, 6.45) is -4.87. The number of nitrogens with zero attached hydrogens (tertiary/aromatic N) is 1. The highest BCUT2D eigenvalue weighted by atomic mass is 19.4. The summed E-state index contributed by atoms with van der Waals surface area (Å²) in [6.45, 7) is 0. The van der Waals surface area contributed by atoms with Crippen molar-refractivity contribution in [2.75, 3.05) is 0 Å². The minimum atomic E-state index is -4.87. The lowest BCUT2D eigenvalue weighted by Crippen LogP contribution is -2.21. The van der Waals surface area contributed by atoms with Crippen LogP contribution in [0.15, 0.2) is 10.9 Å². The van der Waals surface area contributed by atoms with Gasteiger partial charge in [0.1, 0.15) is 0 Å². The standard InChI is InChI=1S/C6H3F3N2O3/c7-6(8,9)5-10-2(4(13)14)1-3(12)11-5/h1H,(H,13,14)(H,10,11,12). The minimum absolute atomic E-state index is 0.470. The van der Waals surface area contributed by atoms with Gasteiger partial charge < -0.3 is 10.1 Å². The van der Waals surface area contributed by atoms with Gasteiger partial charge in [0.25, 0.3) is 5.56 Å². The molecule has 0 amide bonds. The molecule has 0 aliphatic heterocycles. The van der Waals surface area contributed by atoms with Crippen molar-refractivity contribution in [3.8, 4) is 0 Å². The van der Waals surface area contributed by atoms with Gasteiger partial charge in [0.2, 0.25) is 5.82 Å².